The molecule has 1 saturated carbocycles. The van der Waals surface area contributed by atoms with Gasteiger partial charge in [-0.3, -0.25) is 4.90 Å². The molecule has 0 aromatic carbocycles. The summed E-state index contributed by atoms with van der Waals surface area (Å²) in [5, 5.41) is 4.55. The van der Waals surface area contributed by atoms with Crippen molar-refractivity contribution < 1.29 is 0 Å². The summed E-state index contributed by atoms with van der Waals surface area (Å²) in [6.45, 7) is 11.8. The number of hydrogen-bond donors (Lipinski definition) is 1. The Morgan fingerprint density at radius 1 is 1.41 bits per heavy atom. The van der Waals surface area contributed by atoms with Gasteiger partial charge in [-0.15, -0.1) is 6.58 Å². The van der Waals surface area contributed by atoms with Crippen LogP contribution in [0.3, 0.4) is 0 Å². The molecule has 0 aromatic rings. The first kappa shape index (κ1) is 16.0. The number of hydrogen-bond acceptors (Lipinski definition) is 2. The van der Waals surface area contributed by atoms with Gasteiger partial charge in [-0.2, -0.15) is 0 Å². The maximum absolute atomic E-state index is 6.26. The molecule has 2 unspecified atom stereocenters. The van der Waals surface area contributed by atoms with Crippen LogP contribution in [0.4, 0.5) is 0 Å². The molecule has 0 bridgehead atoms. The molecule has 120 valence electrons. The van der Waals surface area contributed by atoms with Gasteiger partial charge in [-0.05, 0) is 49.8 Å². The van der Waals surface area contributed by atoms with Crippen LogP contribution in [0, 0.1) is 5.92 Å². The van der Waals surface area contributed by atoms with Gasteiger partial charge in [0.15, 0.2) is 0 Å². The molecule has 1 aliphatic heterocycles. The van der Waals surface area contributed by atoms with E-state index in [0.29, 0.717) is 12.0 Å². The Labute approximate surface area is 139 Å². The van der Waals surface area contributed by atoms with E-state index in [1.807, 2.05) is 0 Å². The molecular weight excluding hydrogens is 292 g/mol. The summed E-state index contributed by atoms with van der Waals surface area (Å²) in [4.78, 5) is 2.67. The van der Waals surface area contributed by atoms with Crippen molar-refractivity contribution in [2.75, 3.05) is 19.6 Å². The Bertz CT molecular complexity index is 542. The van der Waals surface area contributed by atoms with Gasteiger partial charge in [-0.25, -0.2) is 0 Å². The van der Waals surface area contributed by atoms with E-state index in [2.05, 4.69) is 54.9 Å². The number of fused-ring (bicyclic) bond motifs is 1. The van der Waals surface area contributed by atoms with Crippen LogP contribution in [-0.2, 0) is 0 Å². The third kappa shape index (κ3) is 3.24. The Morgan fingerprint density at radius 2 is 2.23 bits per heavy atom. The molecule has 3 aliphatic rings. The fraction of sp³-hybridized carbons (Fsp3) is 0.579. The standard InChI is InChI=1S/C19H27ClN2/c1-4-5-14-12-18(22-11-10-21-19(2,3)13-22)17-9-7-15(20)6-8-16(14)17/h4,6,8-9,14,18,21H,1,5,7,10-13H2,2-3H3. The fourth-order valence-corrected chi connectivity index (χ4v) is 4.25. The Hall–Kier alpha value is -0.830. The monoisotopic (exact) mass is 318 g/mol. The van der Waals surface area contributed by atoms with E-state index in [4.69, 9.17) is 11.6 Å². The average Bonchev–Trinajstić information content (AvgIpc) is 2.68. The van der Waals surface area contributed by atoms with Crippen LogP contribution in [0.1, 0.15) is 33.1 Å². The van der Waals surface area contributed by atoms with E-state index in [1.54, 1.807) is 0 Å². The van der Waals surface area contributed by atoms with Gasteiger partial charge in [0, 0.05) is 42.7 Å². The van der Waals surface area contributed by atoms with E-state index in [0.717, 1.165) is 37.5 Å². The number of allylic oxidation sites excluding steroid dienone is 5. The first-order chi connectivity index (χ1) is 10.5. The van der Waals surface area contributed by atoms with E-state index < -0.39 is 0 Å². The molecule has 22 heavy (non-hydrogen) atoms. The second-order valence-corrected chi connectivity index (χ2v) is 7.84. The van der Waals surface area contributed by atoms with E-state index in [9.17, 15) is 0 Å². The lowest BCUT2D eigenvalue weighted by Crippen LogP contribution is -2.59. The number of nitrogens with zero attached hydrogens (tertiary/aromatic N) is 1. The van der Waals surface area contributed by atoms with Gasteiger partial charge in [0.05, 0.1) is 0 Å². The molecule has 1 heterocycles. The first-order valence-electron chi connectivity index (χ1n) is 8.37. The van der Waals surface area contributed by atoms with E-state index >= 15 is 0 Å². The van der Waals surface area contributed by atoms with Gasteiger partial charge in [0.25, 0.3) is 0 Å². The van der Waals surface area contributed by atoms with Gasteiger partial charge < -0.3 is 5.32 Å². The lowest BCUT2D eigenvalue weighted by atomic mass is 9.97. The Morgan fingerprint density at radius 3 is 2.95 bits per heavy atom. The van der Waals surface area contributed by atoms with Gasteiger partial charge in [0.2, 0.25) is 0 Å². The Kier molecular flexibility index (Phi) is 4.63. The van der Waals surface area contributed by atoms with Crippen molar-refractivity contribution in [2.45, 2.75) is 44.7 Å². The van der Waals surface area contributed by atoms with Crippen LogP contribution in [0.2, 0.25) is 0 Å². The highest BCUT2D eigenvalue weighted by atomic mass is 35.5. The highest BCUT2D eigenvalue weighted by molar-refractivity contribution is 6.29. The van der Waals surface area contributed by atoms with Crippen molar-refractivity contribution in [3.8, 4) is 0 Å². The van der Waals surface area contributed by atoms with Gasteiger partial charge in [-0.1, -0.05) is 29.8 Å². The first-order valence-corrected chi connectivity index (χ1v) is 8.74. The predicted molar refractivity (Wildman–Crippen MR) is 95.1 cm³/mol. The largest absolute Gasteiger partial charge is 0.309 e. The number of piperazine rings is 1. The topological polar surface area (TPSA) is 15.3 Å². The van der Waals surface area contributed by atoms with Gasteiger partial charge in [0.1, 0.15) is 0 Å². The smallest absolute Gasteiger partial charge is 0.0355 e. The third-order valence-electron chi connectivity index (χ3n) is 5.09. The lowest BCUT2D eigenvalue weighted by Gasteiger charge is -2.42. The zero-order chi connectivity index (χ0) is 15.7. The molecule has 0 radical (unpaired) electrons. The Balaban J connectivity index is 1.88. The predicted octanol–water partition coefficient (Wildman–Crippen LogP) is 4.01. The highest BCUT2D eigenvalue weighted by Gasteiger charge is 2.39. The quantitative estimate of drug-likeness (QED) is 0.791. The number of halogens is 1. The summed E-state index contributed by atoms with van der Waals surface area (Å²) >= 11 is 6.26. The van der Waals surface area contributed by atoms with Gasteiger partial charge >= 0.3 is 0 Å². The molecule has 3 heteroatoms. The number of rotatable bonds is 3. The summed E-state index contributed by atoms with van der Waals surface area (Å²) in [7, 11) is 0. The summed E-state index contributed by atoms with van der Waals surface area (Å²) in [5.41, 5.74) is 3.19. The second-order valence-electron chi connectivity index (χ2n) is 7.35. The van der Waals surface area contributed by atoms with E-state index in [-0.39, 0.29) is 5.54 Å². The normalized spacial score (nSPS) is 31.7. The molecule has 1 saturated heterocycles. The van der Waals surface area contributed by atoms with Crippen molar-refractivity contribution in [1.82, 2.24) is 10.2 Å². The van der Waals surface area contributed by atoms with E-state index in [1.165, 1.54) is 17.6 Å². The fourth-order valence-electron chi connectivity index (χ4n) is 4.11. The molecule has 2 atom stereocenters. The highest BCUT2D eigenvalue weighted by Crippen LogP contribution is 2.43. The maximum atomic E-state index is 6.26. The summed E-state index contributed by atoms with van der Waals surface area (Å²) in [6, 6.07) is 0.536. The van der Waals surface area contributed by atoms with Crippen molar-refractivity contribution in [3.63, 3.8) is 0 Å². The van der Waals surface area contributed by atoms with Crippen LogP contribution in [0.5, 0.6) is 0 Å². The maximum Gasteiger partial charge on any atom is 0.0355 e. The number of nitrogens with one attached hydrogen (secondary N) is 1. The second kappa shape index (κ2) is 6.35. The molecule has 0 amide bonds. The minimum atomic E-state index is 0.194. The minimum Gasteiger partial charge on any atom is -0.309 e. The molecular formula is C19H27ClN2. The SMILES string of the molecule is C=CCC1CC(N2CCNC(C)(C)C2)C2=CCC(Cl)=CC=C21. The molecule has 2 aliphatic carbocycles. The average molecular weight is 319 g/mol. The van der Waals surface area contributed by atoms with Crippen molar-refractivity contribution in [1.29, 1.82) is 0 Å². The van der Waals surface area contributed by atoms with Crippen molar-refractivity contribution in [3.05, 3.63) is 47.1 Å². The third-order valence-corrected chi connectivity index (χ3v) is 5.37. The van der Waals surface area contributed by atoms with Crippen LogP contribution in [0.25, 0.3) is 0 Å². The summed E-state index contributed by atoms with van der Waals surface area (Å²) in [5.74, 6) is 0.588. The molecule has 2 nitrogen and oxygen atoms in total. The van der Waals surface area contributed by atoms with Crippen molar-refractivity contribution >= 4 is 11.6 Å². The summed E-state index contributed by atoms with van der Waals surface area (Å²) in [6.07, 6.45) is 11.9. The van der Waals surface area contributed by atoms with Crippen molar-refractivity contribution in [2.24, 2.45) is 5.92 Å². The molecule has 3 rings (SSSR count). The molecule has 0 aromatic heterocycles. The molecule has 2 fully saturated rings. The summed E-state index contributed by atoms with van der Waals surface area (Å²) < 4.78 is 0. The zero-order valence-corrected chi connectivity index (χ0v) is 14.5. The van der Waals surface area contributed by atoms with Crippen LogP contribution in [0.15, 0.2) is 47.1 Å². The molecule has 0 spiro atoms. The zero-order valence-electron chi connectivity index (χ0n) is 13.7. The lowest BCUT2D eigenvalue weighted by molar-refractivity contribution is 0.122. The van der Waals surface area contributed by atoms with Crippen LogP contribution in [-0.4, -0.2) is 36.1 Å². The van der Waals surface area contributed by atoms with Crippen LogP contribution >= 0.6 is 11.6 Å². The minimum absolute atomic E-state index is 0.194. The molecule has 1 N–H and O–H groups in total. The van der Waals surface area contributed by atoms with Crippen LogP contribution < -0.4 is 5.32 Å².